The number of aromatic nitrogens is 1. The second-order valence-electron chi connectivity index (χ2n) is 7.84. The third-order valence-electron chi connectivity index (χ3n) is 5.63. The monoisotopic (exact) mass is 367 g/mol. The minimum Gasteiger partial charge on any atom is -0.441 e. The number of oxazole rings is 1. The number of nitrogens with zero attached hydrogens (tertiary/aromatic N) is 2. The van der Waals surface area contributed by atoms with E-state index in [1.807, 2.05) is 35.2 Å². The highest BCUT2D eigenvalue weighted by molar-refractivity contribution is 5.76. The molecule has 1 saturated heterocycles. The molecule has 144 valence electrons. The Morgan fingerprint density at radius 3 is 2.67 bits per heavy atom. The van der Waals surface area contributed by atoms with Gasteiger partial charge in [0.25, 0.3) is 0 Å². The maximum Gasteiger partial charge on any atom is 0.222 e. The van der Waals surface area contributed by atoms with Crippen molar-refractivity contribution in [2.45, 2.75) is 51.0 Å². The first kappa shape index (κ1) is 18.2. The maximum atomic E-state index is 12.5. The predicted octanol–water partition coefficient (Wildman–Crippen LogP) is 3.65. The smallest absolute Gasteiger partial charge is 0.222 e. The zero-order valence-electron chi connectivity index (χ0n) is 15.9. The standard InChI is InChI=1S/C22H29N3O2/c26-22(25-13-11-19(12-14-25)23-15-17-9-10-17)8-4-7-21-24-16-20(27-21)18-5-2-1-3-6-18/h1-3,5-6,16-17,19,23H,4,7-15H2. The van der Waals surface area contributed by atoms with E-state index in [2.05, 4.69) is 10.3 Å². The number of aryl methyl sites for hydroxylation is 1. The van der Waals surface area contributed by atoms with Gasteiger partial charge in [0.2, 0.25) is 5.91 Å². The Bertz CT molecular complexity index is 731. The molecule has 2 heterocycles. The fraction of sp³-hybridized carbons (Fsp3) is 0.545. The van der Waals surface area contributed by atoms with Crippen LogP contribution < -0.4 is 5.32 Å². The van der Waals surface area contributed by atoms with E-state index >= 15 is 0 Å². The van der Waals surface area contributed by atoms with Gasteiger partial charge in [0, 0.05) is 37.5 Å². The Labute approximate surface area is 161 Å². The Morgan fingerprint density at radius 1 is 1.15 bits per heavy atom. The molecule has 2 fully saturated rings. The number of nitrogens with one attached hydrogen (secondary N) is 1. The molecule has 1 aromatic carbocycles. The van der Waals surface area contributed by atoms with Crippen LogP contribution in [0.5, 0.6) is 0 Å². The van der Waals surface area contributed by atoms with Gasteiger partial charge >= 0.3 is 0 Å². The first-order chi connectivity index (χ1) is 13.3. The third kappa shape index (κ3) is 5.19. The van der Waals surface area contributed by atoms with Gasteiger partial charge in [-0.1, -0.05) is 30.3 Å². The number of benzene rings is 1. The zero-order chi connectivity index (χ0) is 18.5. The number of carbonyl (C=O) groups excluding carboxylic acids is 1. The van der Waals surface area contributed by atoms with Crippen molar-refractivity contribution in [1.29, 1.82) is 0 Å². The molecule has 1 aliphatic heterocycles. The molecule has 0 unspecified atom stereocenters. The zero-order valence-corrected chi connectivity index (χ0v) is 15.9. The molecule has 1 N–H and O–H groups in total. The summed E-state index contributed by atoms with van der Waals surface area (Å²) in [6.07, 6.45) is 8.78. The van der Waals surface area contributed by atoms with Crippen LogP contribution >= 0.6 is 0 Å². The maximum absolute atomic E-state index is 12.5. The predicted molar refractivity (Wildman–Crippen MR) is 105 cm³/mol. The summed E-state index contributed by atoms with van der Waals surface area (Å²) in [6, 6.07) is 10.6. The lowest BCUT2D eigenvalue weighted by Crippen LogP contribution is -2.45. The number of rotatable bonds is 8. The minimum absolute atomic E-state index is 0.269. The highest BCUT2D eigenvalue weighted by atomic mass is 16.4. The van der Waals surface area contributed by atoms with Gasteiger partial charge in [0.15, 0.2) is 11.7 Å². The SMILES string of the molecule is O=C(CCCc1ncc(-c2ccccc2)o1)N1CCC(NCC2CC2)CC1. The lowest BCUT2D eigenvalue weighted by molar-refractivity contribution is -0.132. The first-order valence-electron chi connectivity index (χ1n) is 10.3. The Kier molecular flexibility index (Phi) is 5.87. The summed E-state index contributed by atoms with van der Waals surface area (Å²) in [6.45, 7) is 2.94. The summed E-state index contributed by atoms with van der Waals surface area (Å²) < 4.78 is 5.82. The van der Waals surface area contributed by atoms with Crippen LogP contribution in [-0.2, 0) is 11.2 Å². The molecule has 1 saturated carbocycles. The quantitative estimate of drug-likeness (QED) is 0.774. The van der Waals surface area contributed by atoms with E-state index in [0.717, 1.165) is 49.6 Å². The molecule has 1 aromatic heterocycles. The second kappa shape index (κ2) is 8.70. The summed E-state index contributed by atoms with van der Waals surface area (Å²) in [5, 5.41) is 3.66. The van der Waals surface area contributed by atoms with Crippen LogP contribution in [-0.4, -0.2) is 41.5 Å². The van der Waals surface area contributed by atoms with Crippen molar-refractivity contribution in [1.82, 2.24) is 15.2 Å². The van der Waals surface area contributed by atoms with Gasteiger partial charge in [-0.05, 0) is 44.6 Å². The average molecular weight is 367 g/mol. The van der Waals surface area contributed by atoms with Gasteiger partial charge in [-0.15, -0.1) is 0 Å². The van der Waals surface area contributed by atoms with E-state index in [4.69, 9.17) is 4.42 Å². The molecule has 27 heavy (non-hydrogen) atoms. The fourth-order valence-electron chi connectivity index (χ4n) is 3.70. The number of hydrogen-bond donors (Lipinski definition) is 1. The summed E-state index contributed by atoms with van der Waals surface area (Å²) in [4.78, 5) is 18.8. The normalized spacial score (nSPS) is 18.0. The van der Waals surface area contributed by atoms with Crippen LogP contribution in [0.1, 0.15) is 44.4 Å². The number of amides is 1. The van der Waals surface area contributed by atoms with E-state index in [1.54, 1.807) is 6.20 Å². The lowest BCUT2D eigenvalue weighted by atomic mass is 10.0. The molecule has 1 amide bonds. The van der Waals surface area contributed by atoms with E-state index in [9.17, 15) is 4.79 Å². The summed E-state index contributed by atoms with van der Waals surface area (Å²) in [5.74, 6) is 2.69. The summed E-state index contributed by atoms with van der Waals surface area (Å²) in [5.41, 5.74) is 1.03. The van der Waals surface area contributed by atoms with Gasteiger partial charge < -0.3 is 14.6 Å². The number of piperidine rings is 1. The van der Waals surface area contributed by atoms with Crippen LogP contribution in [0.15, 0.2) is 40.9 Å². The Hall–Kier alpha value is -2.14. The van der Waals surface area contributed by atoms with Crippen LogP contribution in [0.4, 0.5) is 0 Å². The molecule has 2 aliphatic rings. The van der Waals surface area contributed by atoms with E-state index in [0.29, 0.717) is 24.8 Å². The number of carbonyl (C=O) groups is 1. The van der Waals surface area contributed by atoms with Crippen molar-refractivity contribution in [3.8, 4) is 11.3 Å². The molecule has 0 radical (unpaired) electrons. The third-order valence-corrected chi connectivity index (χ3v) is 5.63. The molecular weight excluding hydrogens is 338 g/mol. The average Bonchev–Trinajstić information content (AvgIpc) is 3.43. The van der Waals surface area contributed by atoms with Gasteiger partial charge in [0.1, 0.15) is 0 Å². The molecule has 0 bridgehead atoms. The minimum atomic E-state index is 0.269. The van der Waals surface area contributed by atoms with Crippen molar-refractivity contribution in [3.63, 3.8) is 0 Å². The Morgan fingerprint density at radius 2 is 1.93 bits per heavy atom. The molecule has 1 aliphatic carbocycles. The van der Waals surface area contributed by atoms with E-state index in [1.165, 1.54) is 19.4 Å². The van der Waals surface area contributed by atoms with Crippen LogP contribution in [0.25, 0.3) is 11.3 Å². The van der Waals surface area contributed by atoms with E-state index < -0.39 is 0 Å². The number of hydrogen-bond acceptors (Lipinski definition) is 4. The molecule has 5 nitrogen and oxygen atoms in total. The summed E-state index contributed by atoms with van der Waals surface area (Å²) in [7, 11) is 0. The molecule has 2 aromatic rings. The Balaban J connectivity index is 1.16. The van der Waals surface area contributed by atoms with Crippen LogP contribution in [0, 0.1) is 5.92 Å². The molecule has 0 atom stereocenters. The fourth-order valence-corrected chi connectivity index (χ4v) is 3.70. The van der Waals surface area contributed by atoms with Crippen molar-refractivity contribution in [2.75, 3.05) is 19.6 Å². The van der Waals surface area contributed by atoms with Crippen molar-refractivity contribution in [3.05, 3.63) is 42.4 Å². The lowest BCUT2D eigenvalue weighted by Gasteiger charge is -2.32. The molecule has 5 heteroatoms. The second-order valence-corrected chi connectivity index (χ2v) is 7.84. The summed E-state index contributed by atoms with van der Waals surface area (Å²) >= 11 is 0. The van der Waals surface area contributed by atoms with Gasteiger partial charge in [-0.3, -0.25) is 4.79 Å². The highest BCUT2D eigenvalue weighted by Gasteiger charge is 2.25. The van der Waals surface area contributed by atoms with Crippen molar-refractivity contribution >= 4 is 5.91 Å². The van der Waals surface area contributed by atoms with Crippen LogP contribution in [0.3, 0.4) is 0 Å². The van der Waals surface area contributed by atoms with E-state index in [-0.39, 0.29) is 5.91 Å². The van der Waals surface area contributed by atoms with Crippen molar-refractivity contribution in [2.24, 2.45) is 5.92 Å². The largest absolute Gasteiger partial charge is 0.441 e. The highest BCUT2D eigenvalue weighted by Crippen LogP contribution is 2.28. The molecule has 4 rings (SSSR count). The first-order valence-corrected chi connectivity index (χ1v) is 10.3. The van der Waals surface area contributed by atoms with Crippen molar-refractivity contribution < 1.29 is 9.21 Å². The van der Waals surface area contributed by atoms with Gasteiger partial charge in [-0.25, -0.2) is 4.98 Å². The van der Waals surface area contributed by atoms with Crippen LogP contribution in [0.2, 0.25) is 0 Å². The number of likely N-dealkylation sites (tertiary alicyclic amines) is 1. The van der Waals surface area contributed by atoms with Gasteiger partial charge in [0.05, 0.1) is 6.20 Å². The topological polar surface area (TPSA) is 58.4 Å². The molecular formula is C22H29N3O2. The van der Waals surface area contributed by atoms with Gasteiger partial charge in [-0.2, -0.15) is 0 Å². The molecule has 0 spiro atoms.